The van der Waals surface area contributed by atoms with Crippen LogP contribution in [0.15, 0.2) is 71.6 Å². The minimum atomic E-state index is -4.83. The molecule has 0 fully saturated rings. The van der Waals surface area contributed by atoms with E-state index in [9.17, 15) is 40.0 Å². The number of sulfonamides is 1. The van der Waals surface area contributed by atoms with Crippen LogP contribution < -0.4 is 24.7 Å². The van der Waals surface area contributed by atoms with Gasteiger partial charge in [0.2, 0.25) is 0 Å². The quantitative estimate of drug-likeness (QED) is 0.159. The van der Waals surface area contributed by atoms with Crippen molar-refractivity contribution >= 4 is 42.6 Å². The molecular weight excluding hydrogens is 660 g/mol. The molecule has 0 radical (unpaired) electrons. The highest BCUT2D eigenvalue weighted by atomic mass is 32.2. The molecule has 0 aliphatic carbocycles. The molecule has 1 heterocycles. The Morgan fingerprint density at radius 2 is 1.70 bits per heavy atom. The number of hydrogen-bond acceptors (Lipinski definition) is 7. The van der Waals surface area contributed by atoms with Gasteiger partial charge in [-0.2, -0.15) is 27.4 Å². The molecule has 1 aliphatic heterocycles. The van der Waals surface area contributed by atoms with Crippen LogP contribution in [0.5, 0.6) is 11.5 Å². The molecule has 3 aromatic rings. The fraction of sp³-hybridized carbons (Fsp3) is 0.310. The molecule has 2 N–H and O–H groups in total. The second-order valence-electron chi connectivity index (χ2n) is 11.1. The number of hydrogen-bond donors (Lipinski definition) is 2. The summed E-state index contributed by atoms with van der Waals surface area (Å²) in [7, 11) is -3.37. The zero-order chi connectivity index (χ0) is 34.1. The Morgan fingerprint density at radius 1 is 1.00 bits per heavy atom. The Labute approximate surface area is 263 Å². The highest BCUT2D eigenvalue weighted by molar-refractivity contribution is 7.92. The number of benzene rings is 3. The van der Waals surface area contributed by atoms with Crippen molar-refractivity contribution in [3.05, 3.63) is 77.9 Å². The van der Waals surface area contributed by atoms with Gasteiger partial charge in [-0.3, -0.25) is 14.4 Å². The standard InChI is InChI=1S/C29H29F5N3O7PS/c1-27(2,3)43-26(39)35-18-11-12-24-22(14-18)37(46(40,41)20-8-6-7-17(13-20)28(30,31)32)16-19(42-24)15-25(38)36-44-23-10-5-4-9-21(23)29(33,34)45/h4-14,19H,15-16,45H2,1-3H3,(H,35,39)(H,36,38). The maximum Gasteiger partial charge on any atom is 0.416 e. The number of hydroxylamine groups is 1. The summed E-state index contributed by atoms with van der Waals surface area (Å²) >= 11 is 0. The van der Waals surface area contributed by atoms with E-state index in [1.165, 1.54) is 45.6 Å². The van der Waals surface area contributed by atoms with Crippen molar-refractivity contribution in [1.82, 2.24) is 5.48 Å². The van der Waals surface area contributed by atoms with Gasteiger partial charge in [0.25, 0.3) is 21.6 Å². The summed E-state index contributed by atoms with van der Waals surface area (Å²) in [5.74, 6) is -1.30. The first-order valence-electron chi connectivity index (χ1n) is 13.5. The van der Waals surface area contributed by atoms with Crippen LogP contribution in [0, 0.1) is 0 Å². The van der Waals surface area contributed by atoms with Crippen LogP contribution in [0.2, 0.25) is 0 Å². The molecule has 0 saturated carbocycles. The van der Waals surface area contributed by atoms with Crippen molar-refractivity contribution in [3.8, 4) is 11.5 Å². The number of ether oxygens (including phenoxy) is 2. The number of carbonyl (C=O) groups is 2. The zero-order valence-electron chi connectivity index (χ0n) is 24.5. The lowest BCUT2D eigenvalue weighted by Crippen LogP contribution is -2.45. The van der Waals surface area contributed by atoms with Crippen molar-refractivity contribution < 1.29 is 54.3 Å². The highest BCUT2D eigenvalue weighted by Crippen LogP contribution is 2.41. The molecule has 4 rings (SSSR count). The van der Waals surface area contributed by atoms with E-state index in [-0.39, 0.29) is 22.9 Å². The zero-order valence-corrected chi connectivity index (χ0v) is 26.5. The lowest BCUT2D eigenvalue weighted by Gasteiger charge is -2.35. The first-order chi connectivity index (χ1) is 21.2. The largest absolute Gasteiger partial charge is 0.486 e. The topological polar surface area (TPSA) is 123 Å². The van der Waals surface area contributed by atoms with Gasteiger partial charge in [0.15, 0.2) is 5.75 Å². The van der Waals surface area contributed by atoms with Gasteiger partial charge in [-0.05, 0) is 69.3 Å². The van der Waals surface area contributed by atoms with Crippen LogP contribution >= 0.6 is 9.24 Å². The molecule has 248 valence electrons. The van der Waals surface area contributed by atoms with Crippen molar-refractivity contribution in [2.24, 2.45) is 0 Å². The van der Waals surface area contributed by atoms with E-state index in [2.05, 4.69) is 5.32 Å². The lowest BCUT2D eigenvalue weighted by molar-refractivity contribution is -0.137. The predicted molar refractivity (Wildman–Crippen MR) is 160 cm³/mol. The first kappa shape index (κ1) is 34.7. The van der Waals surface area contributed by atoms with Gasteiger partial charge >= 0.3 is 12.3 Å². The first-order valence-corrected chi connectivity index (χ1v) is 15.5. The molecule has 2 atom stereocenters. The van der Waals surface area contributed by atoms with Crippen molar-refractivity contribution in [1.29, 1.82) is 0 Å². The lowest BCUT2D eigenvalue weighted by atomic mass is 10.1. The number of amides is 2. The molecule has 0 aromatic heterocycles. The molecule has 46 heavy (non-hydrogen) atoms. The van der Waals surface area contributed by atoms with Gasteiger partial charge in [0.1, 0.15) is 17.5 Å². The SMILES string of the molecule is CC(C)(C)OC(=O)Nc1ccc2c(c1)N(S(=O)(=O)c1cccc(C(F)(F)F)c1)CC(CC(=O)NOc1ccccc1C(F)(F)P)O2. The second-order valence-corrected chi connectivity index (χ2v) is 13.6. The Bertz CT molecular complexity index is 1730. The van der Waals surface area contributed by atoms with Crippen LogP contribution in [0.25, 0.3) is 0 Å². The summed E-state index contributed by atoms with van der Waals surface area (Å²) in [5, 5.41) is 2.46. The predicted octanol–water partition coefficient (Wildman–Crippen LogP) is 6.43. The molecular formula is C29H29F5N3O7PS. The number of anilines is 2. The number of nitrogens with one attached hydrogen (secondary N) is 2. The number of para-hydroxylation sites is 1. The van der Waals surface area contributed by atoms with E-state index in [4.69, 9.17) is 14.3 Å². The second kappa shape index (κ2) is 12.9. The summed E-state index contributed by atoms with van der Waals surface area (Å²) in [6.45, 7) is 4.34. The number of nitrogens with zero attached hydrogens (tertiary/aromatic N) is 1. The number of alkyl halides is 5. The minimum Gasteiger partial charge on any atom is -0.486 e. The van der Waals surface area contributed by atoms with E-state index in [1.807, 2.05) is 5.48 Å². The molecule has 10 nitrogen and oxygen atoms in total. The van der Waals surface area contributed by atoms with E-state index >= 15 is 0 Å². The van der Waals surface area contributed by atoms with Crippen molar-refractivity contribution in [3.63, 3.8) is 0 Å². The fourth-order valence-corrected chi connectivity index (χ4v) is 6.08. The molecule has 0 saturated heterocycles. The summed E-state index contributed by atoms with van der Waals surface area (Å²) in [4.78, 5) is 29.5. The van der Waals surface area contributed by atoms with Gasteiger partial charge < -0.3 is 14.3 Å². The molecule has 2 unspecified atom stereocenters. The van der Waals surface area contributed by atoms with Crippen molar-refractivity contribution in [2.45, 2.75) is 55.6 Å². The molecule has 17 heteroatoms. The van der Waals surface area contributed by atoms with Gasteiger partial charge in [0.05, 0.1) is 34.7 Å². The number of rotatable bonds is 8. The third-order valence-corrected chi connectivity index (χ3v) is 8.31. The number of fused-ring (bicyclic) bond motifs is 1. The minimum absolute atomic E-state index is 0.0787. The average molecular weight is 690 g/mol. The maximum atomic E-state index is 13.9. The Hall–Kier alpha value is -4.17. The van der Waals surface area contributed by atoms with Crippen LogP contribution in [0.3, 0.4) is 0 Å². The Kier molecular flexibility index (Phi) is 9.74. The van der Waals surface area contributed by atoms with Crippen LogP contribution in [-0.2, 0) is 31.4 Å². The van der Waals surface area contributed by atoms with E-state index in [0.29, 0.717) is 12.1 Å². The van der Waals surface area contributed by atoms with Crippen LogP contribution in [-0.4, -0.2) is 38.7 Å². The Morgan fingerprint density at radius 3 is 2.35 bits per heavy atom. The number of carbonyl (C=O) groups excluding carboxylic acids is 2. The smallest absolute Gasteiger partial charge is 0.416 e. The summed E-state index contributed by atoms with van der Waals surface area (Å²) in [6, 6.07) is 12.1. The van der Waals surface area contributed by atoms with E-state index in [1.54, 1.807) is 20.8 Å². The Balaban J connectivity index is 1.63. The van der Waals surface area contributed by atoms with Gasteiger partial charge in [0, 0.05) is 5.69 Å². The molecule has 2 amide bonds. The molecule has 0 bridgehead atoms. The van der Waals surface area contributed by atoms with Crippen LogP contribution in [0.4, 0.5) is 38.1 Å². The monoisotopic (exact) mass is 689 g/mol. The fourth-order valence-electron chi connectivity index (χ4n) is 4.30. The van der Waals surface area contributed by atoms with Crippen molar-refractivity contribution in [2.75, 3.05) is 16.2 Å². The summed E-state index contributed by atoms with van der Waals surface area (Å²) in [5.41, 5.74) is -3.99. The molecule has 1 aliphatic rings. The number of halogens is 5. The summed E-state index contributed by atoms with van der Waals surface area (Å²) in [6.07, 6.45) is -7.45. The third kappa shape index (κ3) is 8.55. The summed E-state index contributed by atoms with van der Waals surface area (Å²) < 4.78 is 108. The van der Waals surface area contributed by atoms with Gasteiger partial charge in [-0.1, -0.05) is 27.4 Å². The third-order valence-electron chi connectivity index (χ3n) is 6.22. The average Bonchev–Trinajstić information content (AvgIpc) is 2.94. The van der Waals surface area contributed by atoms with Gasteiger partial charge in [-0.25, -0.2) is 13.2 Å². The van der Waals surface area contributed by atoms with E-state index in [0.717, 1.165) is 22.5 Å². The normalized spacial score (nSPS) is 15.3. The molecule has 3 aromatic carbocycles. The van der Waals surface area contributed by atoms with E-state index < -0.39 is 74.6 Å². The van der Waals surface area contributed by atoms with Crippen LogP contribution in [0.1, 0.15) is 38.3 Å². The molecule has 0 spiro atoms. The highest BCUT2D eigenvalue weighted by Gasteiger charge is 2.38. The maximum absolute atomic E-state index is 13.9. The van der Waals surface area contributed by atoms with Gasteiger partial charge in [-0.15, -0.1) is 0 Å².